The number of aromatic hydroxyl groups is 2. The highest BCUT2D eigenvalue weighted by molar-refractivity contribution is 5.79. The predicted octanol–water partition coefficient (Wildman–Crippen LogP) is 6.79. The fraction of sp³-hybridized carbons (Fsp3) is 0.500. The number of hydrogen-bond acceptors (Lipinski definition) is 2. The Bertz CT molecular complexity index is 689. The van der Waals surface area contributed by atoms with E-state index in [-0.39, 0.29) is 11.5 Å². The first kappa shape index (κ1) is 20.4. The molecule has 2 N–H and O–H groups in total. The molecule has 0 fully saturated rings. The molecule has 2 aromatic carbocycles. The van der Waals surface area contributed by atoms with E-state index >= 15 is 0 Å². The minimum absolute atomic E-state index is 0.0636. The fourth-order valence-electron chi connectivity index (χ4n) is 3.70. The van der Waals surface area contributed by atoms with Gasteiger partial charge in [-0.3, -0.25) is 0 Å². The van der Waals surface area contributed by atoms with Crippen LogP contribution in [0, 0.1) is 0 Å². The van der Waals surface area contributed by atoms with Crippen LogP contribution in [0.5, 0.6) is 11.5 Å². The Morgan fingerprint density at radius 2 is 1.12 bits per heavy atom. The number of phenolic OH excluding ortho intramolecular Hbond substituents is 2. The first-order valence-electron chi connectivity index (χ1n) is 10.3. The van der Waals surface area contributed by atoms with Gasteiger partial charge in [0.15, 0.2) is 11.5 Å². The van der Waals surface area contributed by atoms with E-state index in [0.717, 1.165) is 74.5 Å². The minimum atomic E-state index is 0.0636. The van der Waals surface area contributed by atoms with Gasteiger partial charge in [-0.2, -0.15) is 0 Å². The molecule has 142 valence electrons. The van der Waals surface area contributed by atoms with Crippen molar-refractivity contribution >= 4 is 0 Å². The first-order chi connectivity index (χ1) is 12.7. The van der Waals surface area contributed by atoms with Crippen molar-refractivity contribution in [2.75, 3.05) is 0 Å². The summed E-state index contributed by atoms with van der Waals surface area (Å²) in [6.07, 6.45) is 9.32. The largest absolute Gasteiger partial charge is 0.504 e. The lowest BCUT2D eigenvalue weighted by Gasteiger charge is -2.22. The summed E-state index contributed by atoms with van der Waals surface area (Å²) in [6, 6.07) is 10.0. The highest BCUT2D eigenvalue weighted by Gasteiger charge is 2.23. The van der Waals surface area contributed by atoms with Crippen LogP contribution >= 0.6 is 0 Å². The lowest BCUT2D eigenvalue weighted by Crippen LogP contribution is -2.05. The van der Waals surface area contributed by atoms with Crippen molar-refractivity contribution in [1.82, 2.24) is 0 Å². The molecule has 0 aliphatic carbocycles. The highest BCUT2D eigenvalue weighted by Crippen LogP contribution is 2.45. The third kappa shape index (κ3) is 4.60. The Morgan fingerprint density at radius 1 is 0.615 bits per heavy atom. The Hall–Kier alpha value is -1.96. The van der Waals surface area contributed by atoms with E-state index in [1.807, 2.05) is 30.3 Å². The zero-order valence-electron chi connectivity index (χ0n) is 16.6. The third-order valence-electron chi connectivity index (χ3n) is 5.18. The Morgan fingerprint density at radius 3 is 1.65 bits per heavy atom. The van der Waals surface area contributed by atoms with Gasteiger partial charge in [-0.25, -0.2) is 0 Å². The third-order valence-corrected chi connectivity index (χ3v) is 5.18. The lowest BCUT2D eigenvalue weighted by atomic mass is 9.84. The minimum Gasteiger partial charge on any atom is -0.504 e. The van der Waals surface area contributed by atoms with Gasteiger partial charge < -0.3 is 10.2 Å². The number of rotatable bonds is 10. The second-order valence-corrected chi connectivity index (χ2v) is 7.18. The zero-order chi connectivity index (χ0) is 18.9. The van der Waals surface area contributed by atoms with Gasteiger partial charge in [0, 0.05) is 11.1 Å². The molecule has 0 unspecified atom stereocenters. The molecule has 0 saturated heterocycles. The molecule has 0 radical (unpaired) electrons. The van der Waals surface area contributed by atoms with Crippen molar-refractivity contribution < 1.29 is 10.2 Å². The maximum absolute atomic E-state index is 10.9. The van der Waals surface area contributed by atoms with Gasteiger partial charge in [0.1, 0.15) is 0 Å². The highest BCUT2D eigenvalue weighted by atomic mass is 16.3. The molecule has 0 saturated carbocycles. The molecule has 2 rings (SSSR count). The van der Waals surface area contributed by atoms with E-state index in [0.29, 0.717) is 0 Å². The van der Waals surface area contributed by atoms with Crippen LogP contribution < -0.4 is 0 Å². The summed E-state index contributed by atoms with van der Waals surface area (Å²) < 4.78 is 0. The van der Waals surface area contributed by atoms with Crippen molar-refractivity contribution in [2.45, 2.75) is 78.6 Å². The number of unbranched alkanes of at least 4 members (excludes halogenated alkanes) is 3. The summed E-state index contributed by atoms with van der Waals surface area (Å²) in [7, 11) is 0. The summed E-state index contributed by atoms with van der Waals surface area (Å²) in [5.74, 6) is 0.164. The van der Waals surface area contributed by atoms with Crippen LogP contribution in [-0.2, 0) is 19.3 Å². The Kier molecular flexibility index (Phi) is 8.03. The Labute approximate surface area is 158 Å². The molecule has 2 aromatic rings. The first-order valence-corrected chi connectivity index (χ1v) is 10.3. The van der Waals surface area contributed by atoms with Gasteiger partial charge in [0.2, 0.25) is 0 Å². The zero-order valence-corrected chi connectivity index (χ0v) is 16.6. The smallest absolute Gasteiger partial charge is 0.166 e. The van der Waals surface area contributed by atoms with Crippen LogP contribution in [0.25, 0.3) is 11.1 Å². The second kappa shape index (κ2) is 10.3. The monoisotopic (exact) mass is 354 g/mol. The van der Waals surface area contributed by atoms with E-state index in [1.54, 1.807) is 0 Å². The van der Waals surface area contributed by atoms with Crippen molar-refractivity contribution in [1.29, 1.82) is 0 Å². The molecule has 0 aliphatic rings. The van der Waals surface area contributed by atoms with E-state index in [9.17, 15) is 10.2 Å². The van der Waals surface area contributed by atoms with Gasteiger partial charge in [-0.05, 0) is 55.2 Å². The van der Waals surface area contributed by atoms with Gasteiger partial charge in [0.25, 0.3) is 0 Å². The van der Waals surface area contributed by atoms with Crippen LogP contribution in [0.3, 0.4) is 0 Å². The second-order valence-electron chi connectivity index (χ2n) is 7.18. The normalized spacial score (nSPS) is 11.0. The van der Waals surface area contributed by atoms with E-state index in [1.165, 1.54) is 11.1 Å². The van der Waals surface area contributed by atoms with Gasteiger partial charge in [-0.1, -0.05) is 70.4 Å². The average molecular weight is 355 g/mol. The summed E-state index contributed by atoms with van der Waals surface area (Å²) in [6.45, 7) is 6.57. The maximum atomic E-state index is 10.9. The van der Waals surface area contributed by atoms with Gasteiger partial charge in [0.05, 0.1) is 0 Å². The lowest BCUT2D eigenvalue weighted by molar-refractivity contribution is 0.398. The molecule has 0 bridgehead atoms. The summed E-state index contributed by atoms with van der Waals surface area (Å²) in [5.41, 5.74) is 5.33. The van der Waals surface area contributed by atoms with E-state index in [4.69, 9.17) is 0 Å². The summed E-state index contributed by atoms with van der Waals surface area (Å²) in [4.78, 5) is 0. The van der Waals surface area contributed by atoms with Crippen LogP contribution in [0.2, 0.25) is 0 Å². The molecule has 0 amide bonds. The molecule has 0 spiro atoms. The number of benzene rings is 2. The predicted molar refractivity (Wildman–Crippen MR) is 111 cm³/mol. The molecule has 2 heteroatoms. The Balaban J connectivity index is 2.70. The van der Waals surface area contributed by atoms with Gasteiger partial charge >= 0.3 is 0 Å². The van der Waals surface area contributed by atoms with Gasteiger partial charge in [-0.15, -0.1) is 0 Å². The molecular formula is C24H34O2. The van der Waals surface area contributed by atoms with Crippen LogP contribution in [0.15, 0.2) is 30.3 Å². The fourth-order valence-corrected chi connectivity index (χ4v) is 3.70. The quantitative estimate of drug-likeness (QED) is 0.461. The molecule has 26 heavy (non-hydrogen) atoms. The number of phenols is 2. The van der Waals surface area contributed by atoms with Crippen molar-refractivity contribution in [3.05, 3.63) is 47.0 Å². The van der Waals surface area contributed by atoms with E-state index in [2.05, 4.69) is 20.8 Å². The topological polar surface area (TPSA) is 40.5 Å². The van der Waals surface area contributed by atoms with Crippen molar-refractivity contribution in [2.24, 2.45) is 0 Å². The summed E-state index contributed by atoms with van der Waals surface area (Å²) in [5, 5.41) is 21.8. The summed E-state index contributed by atoms with van der Waals surface area (Å²) >= 11 is 0. The molecular weight excluding hydrogens is 320 g/mol. The molecule has 0 heterocycles. The van der Waals surface area contributed by atoms with Crippen LogP contribution in [0.1, 0.15) is 76.0 Å². The van der Waals surface area contributed by atoms with Crippen molar-refractivity contribution in [3.63, 3.8) is 0 Å². The standard InChI is InChI=1S/C24H34O2/c1-4-7-15-19-20(16-8-5-2)22(18-13-11-10-12-14-18)24(26)23(25)21(19)17-9-6-3/h10-14,25-26H,4-9,15-17H2,1-3H3. The number of hydrogen-bond donors (Lipinski definition) is 2. The molecule has 0 aliphatic heterocycles. The molecule has 2 nitrogen and oxygen atoms in total. The SMILES string of the molecule is CCCCc1c(O)c(O)c(-c2ccccc2)c(CCCC)c1CCCC. The molecule has 0 aromatic heterocycles. The average Bonchev–Trinajstić information content (AvgIpc) is 2.67. The maximum Gasteiger partial charge on any atom is 0.166 e. The van der Waals surface area contributed by atoms with Crippen LogP contribution in [0.4, 0.5) is 0 Å². The van der Waals surface area contributed by atoms with Crippen LogP contribution in [-0.4, -0.2) is 10.2 Å². The molecule has 0 atom stereocenters. The van der Waals surface area contributed by atoms with Crippen molar-refractivity contribution in [3.8, 4) is 22.6 Å². The van der Waals surface area contributed by atoms with E-state index < -0.39 is 0 Å².